The van der Waals surface area contributed by atoms with Crippen LogP contribution in [0.5, 0.6) is 0 Å². The zero-order valence-electron chi connectivity index (χ0n) is 16.5. The van der Waals surface area contributed by atoms with Crippen molar-refractivity contribution >= 4 is 33.2 Å². The molecule has 1 aliphatic rings. The number of aliphatic hydroxyl groups excluding tert-OH is 1. The topological polar surface area (TPSA) is 74.6 Å². The van der Waals surface area contributed by atoms with E-state index in [9.17, 15) is 14.7 Å². The number of unbranched alkanes of at least 4 members (excludes halogenated alkanes) is 3. The third kappa shape index (κ3) is 5.64. The van der Waals surface area contributed by atoms with Crippen molar-refractivity contribution in [1.29, 1.82) is 0 Å². The first-order chi connectivity index (χ1) is 14.0. The van der Waals surface area contributed by atoms with E-state index in [1.807, 2.05) is 36.4 Å². The number of carbonyl (C=O) groups is 2. The Morgan fingerprint density at radius 3 is 2.76 bits per heavy atom. The maximum atomic E-state index is 12.4. The summed E-state index contributed by atoms with van der Waals surface area (Å²) in [5, 5.41) is 20.4. The second-order valence-electron chi connectivity index (χ2n) is 7.80. The van der Waals surface area contributed by atoms with Gasteiger partial charge in [0.15, 0.2) is 0 Å². The first kappa shape index (κ1) is 21.5. The molecule has 0 amide bonds. The normalized spacial score (nSPS) is 20.7. The Hall–Kier alpha value is -2.24. The number of benzene rings is 1. The molecule has 5 heteroatoms. The van der Waals surface area contributed by atoms with Crippen LogP contribution in [0.2, 0.25) is 0 Å². The first-order valence-electron chi connectivity index (χ1n) is 10.2. The molecule has 154 valence electrons. The van der Waals surface area contributed by atoms with Crippen LogP contribution in [-0.2, 0) is 9.59 Å². The molecule has 1 heterocycles. The van der Waals surface area contributed by atoms with Gasteiger partial charge in [-0.2, -0.15) is 0 Å². The number of aliphatic hydroxyl groups is 1. The lowest BCUT2D eigenvalue weighted by atomic mass is 9.87. The predicted molar refractivity (Wildman–Crippen MR) is 117 cm³/mol. The lowest BCUT2D eigenvalue weighted by Gasteiger charge is -2.16. The first-order valence-corrected chi connectivity index (χ1v) is 11.0. The molecule has 0 unspecified atom stereocenters. The second-order valence-corrected chi connectivity index (χ2v) is 8.91. The van der Waals surface area contributed by atoms with Crippen LogP contribution < -0.4 is 0 Å². The Morgan fingerprint density at radius 2 is 2.00 bits per heavy atom. The van der Waals surface area contributed by atoms with Crippen molar-refractivity contribution in [2.75, 3.05) is 0 Å². The molecule has 1 aromatic heterocycles. The van der Waals surface area contributed by atoms with Crippen molar-refractivity contribution in [3.05, 3.63) is 59.5 Å². The van der Waals surface area contributed by atoms with E-state index in [0.29, 0.717) is 12.8 Å². The highest BCUT2D eigenvalue weighted by Crippen LogP contribution is 2.38. The van der Waals surface area contributed by atoms with Crippen LogP contribution in [0, 0.1) is 11.8 Å². The van der Waals surface area contributed by atoms with E-state index in [0.717, 1.165) is 46.2 Å². The smallest absolute Gasteiger partial charge is 0.303 e. The fourth-order valence-corrected chi connectivity index (χ4v) is 5.07. The van der Waals surface area contributed by atoms with Crippen LogP contribution in [0.15, 0.2) is 54.6 Å². The van der Waals surface area contributed by atoms with Crippen molar-refractivity contribution in [3.63, 3.8) is 0 Å². The SMILES string of the molecule is C=C1CC(=O)[C@H](/C=C/[C@@H](O)c2cc3ccccc3s2)[C@H]1CCCCCCC(=O)O. The molecule has 0 aliphatic heterocycles. The summed E-state index contributed by atoms with van der Waals surface area (Å²) in [6.45, 7) is 4.10. The molecule has 1 aliphatic carbocycles. The van der Waals surface area contributed by atoms with Crippen LogP contribution >= 0.6 is 11.3 Å². The summed E-state index contributed by atoms with van der Waals surface area (Å²) < 4.78 is 1.14. The number of rotatable bonds is 10. The van der Waals surface area contributed by atoms with E-state index in [2.05, 4.69) is 6.58 Å². The highest BCUT2D eigenvalue weighted by molar-refractivity contribution is 7.19. The number of hydrogen-bond donors (Lipinski definition) is 2. The second kappa shape index (κ2) is 9.99. The molecule has 0 spiro atoms. The van der Waals surface area contributed by atoms with Gasteiger partial charge in [-0.15, -0.1) is 11.3 Å². The number of aliphatic carboxylic acids is 1. The minimum Gasteiger partial charge on any atom is -0.481 e. The fraction of sp³-hybridized carbons (Fsp3) is 0.417. The molecule has 1 aromatic carbocycles. The van der Waals surface area contributed by atoms with Gasteiger partial charge in [-0.25, -0.2) is 0 Å². The molecule has 0 saturated heterocycles. The van der Waals surface area contributed by atoms with Gasteiger partial charge in [0, 0.05) is 28.3 Å². The van der Waals surface area contributed by atoms with Crippen LogP contribution in [-0.4, -0.2) is 22.0 Å². The average molecular weight is 413 g/mol. The van der Waals surface area contributed by atoms with Crippen LogP contribution in [0.3, 0.4) is 0 Å². The monoisotopic (exact) mass is 412 g/mol. The number of allylic oxidation sites excluding steroid dienone is 2. The van der Waals surface area contributed by atoms with Gasteiger partial charge < -0.3 is 10.2 Å². The van der Waals surface area contributed by atoms with Crippen molar-refractivity contribution in [3.8, 4) is 0 Å². The molecule has 0 radical (unpaired) electrons. The van der Waals surface area contributed by atoms with E-state index in [4.69, 9.17) is 5.11 Å². The van der Waals surface area contributed by atoms with Gasteiger partial charge in [-0.1, -0.05) is 61.8 Å². The van der Waals surface area contributed by atoms with Crippen molar-refractivity contribution in [1.82, 2.24) is 0 Å². The number of Topliss-reactive ketones (excluding diaryl/α,β-unsaturated/α-hetero) is 1. The lowest BCUT2D eigenvalue weighted by molar-refractivity contribution is -0.137. The van der Waals surface area contributed by atoms with Crippen molar-refractivity contribution < 1.29 is 19.8 Å². The Morgan fingerprint density at radius 1 is 1.24 bits per heavy atom. The Labute approximate surface area is 175 Å². The maximum absolute atomic E-state index is 12.4. The predicted octanol–water partition coefficient (Wildman–Crippen LogP) is 5.68. The summed E-state index contributed by atoms with van der Waals surface area (Å²) in [5.74, 6) is -0.675. The molecular weight excluding hydrogens is 384 g/mol. The quantitative estimate of drug-likeness (QED) is 0.389. The molecule has 1 saturated carbocycles. The summed E-state index contributed by atoms with van der Waals surface area (Å²) in [5.41, 5.74) is 0.978. The summed E-state index contributed by atoms with van der Waals surface area (Å²) in [7, 11) is 0. The summed E-state index contributed by atoms with van der Waals surface area (Å²) in [4.78, 5) is 23.9. The number of thiophene rings is 1. The van der Waals surface area contributed by atoms with Crippen LogP contribution in [0.25, 0.3) is 10.1 Å². The number of hydrogen-bond acceptors (Lipinski definition) is 4. The summed E-state index contributed by atoms with van der Waals surface area (Å²) in [6.07, 6.45) is 7.92. The third-order valence-electron chi connectivity index (χ3n) is 5.62. The van der Waals surface area contributed by atoms with Gasteiger partial charge >= 0.3 is 5.97 Å². The standard InChI is InChI=1S/C24H28O4S/c1-16-14-21(26)19(18(16)9-4-2-3-5-11-24(27)28)12-13-20(25)23-15-17-8-6-7-10-22(17)29-23/h6-8,10,12-13,15,18-20,25H,1-5,9,11,14H2,(H,27,28)/b13-12+/t18-,19+,20+/m0/s1. The number of ketones is 1. The van der Waals surface area contributed by atoms with Gasteiger partial charge in [-0.3, -0.25) is 9.59 Å². The zero-order chi connectivity index (χ0) is 20.8. The van der Waals surface area contributed by atoms with E-state index in [-0.39, 0.29) is 24.0 Å². The molecule has 3 atom stereocenters. The summed E-state index contributed by atoms with van der Waals surface area (Å²) in [6, 6.07) is 10.0. The van der Waals surface area contributed by atoms with E-state index in [1.54, 1.807) is 17.4 Å². The Balaban J connectivity index is 1.57. The molecule has 3 rings (SSSR count). The van der Waals surface area contributed by atoms with Gasteiger partial charge in [0.25, 0.3) is 0 Å². The minimum absolute atomic E-state index is 0.118. The van der Waals surface area contributed by atoms with E-state index < -0.39 is 12.1 Å². The molecular formula is C24H28O4S. The van der Waals surface area contributed by atoms with Crippen molar-refractivity contribution in [2.24, 2.45) is 11.8 Å². The fourth-order valence-electron chi connectivity index (χ4n) is 4.04. The molecule has 0 bridgehead atoms. The molecule has 2 aromatic rings. The van der Waals surface area contributed by atoms with Crippen LogP contribution in [0.1, 0.15) is 55.9 Å². The molecule has 1 fully saturated rings. The Kier molecular flexibility index (Phi) is 7.40. The van der Waals surface area contributed by atoms with Crippen molar-refractivity contribution in [2.45, 2.75) is 51.0 Å². The summed E-state index contributed by atoms with van der Waals surface area (Å²) >= 11 is 1.57. The number of carboxylic acids is 1. The largest absolute Gasteiger partial charge is 0.481 e. The number of carboxylic acid groups (broad SMARTS) is 1. The average Bonchev–Trinajstić information content (AvgIpc) is 3.23. The minimum atomic E-state index is -0.748. The zero-order valence-corrected chi connectivity index (χ0v) is 17.4. The van der Waals surface area contributed by atoms with Gasteiger partial charge in [0.05, 0.1) is 0 Å². The molecule has 4 nitrogen and oxygen atoms in total. The highest BCUT2D eigenvalue weighted by Gasteiger charge is 2.35. The van der Waals surface area contributed by atoms with Gasteiger partial charge in [0.2, 0.25) is 0 Å². The Bertz CT molecular complexity index is 877. The number of carbonyl (C=O) groups excluding carboxylic acids is 1. The molecule has 2 N–H and O–H groups in total. The van der Waals surface area contributed by atoms with E-state index >= 15 is 0 Å². The van der Waals surface area contributed by atoms with E-state index in [1.165, 1.54) is 0 Å². The lowest BCUT2D eigenvalue weighted by Crippen LogP contribution is -2.13. The molecule has 29 heavy (non-hydrogen) atoms. The van der Waals surface area contributed by atoms with Crippen LogP contribution in [0.4, 0.5) is 0 Å². The third-order valence-corrected chi connectivity index (χ3v) is 6.81. The number of fused-ring (bicyclic) bond motifs is 1. The highest BCUT2D eigenvalue weighted by atomic mass is 32.1. The van der Waals surface area contributed by atoms with Gasteiger partial charge in [-0.05, 0) is 36.3 Å². The van der Waals surface area contributed by atoms with Gasteiger partial charge in [0.1, 0.15) is 11.9 Å². The maximum Gasteiger partial charge on any atom is 0.303 e.